The maximum atomic E-state index is 5.48. The summed E-state index contributed by atoms with van der Waals surface area (Å²) in [5.74, 6) is 1.60. The molecule has 0 aliphatic heterocycles. The van der Waals surface area contributed by atoms with E-state index in [1.165, 1.54) is 0 Å². The zero-order valence-corrected chi connectivity index (χ0v) is 13.7. The number of benzene rings is 2. The number of nitrogens with zero attached hydrogens (tertiary/aromatic N) is 1. The first kappa shape index (κ1) is 14.1. The molecule has 1 aromatic heterocycles. The summed E-state index contributed by atoms with van der Waals surface area (Å²) in [6, 6.07) is 12.1. The molecule has 5 heteroatoms. The Morgan fingerprint density at radius 3 is 2.33 bits per heavy atom. The second-order valence-electron chi connectivity index (χ2n) is 4.65. The van der Waals surface area contributed by atoms with Gasteiger partial charge in [0.25, 0.3) is 0 Å². The Morgan fingerprint density at radius 2 is 1.71 bits per heavy atom. The van der Waals surface area contributed by atoms with Crippen LogP contribution in [0.3, 0.4) is 0 Å². The van der Waals surface area contributed by atoms with Gasteiger partial charge in [-0.25, -0.2) is 0 Å². The molecule has 0 bridgehead atoms. The molecule has 3 aromatic rings. The fourth-order valence-corrected chi connectivity index (χ4v) is 3.71. The van der Waals surface area contributed by atoms with Gasteiger partial charge < -0.3 is 14.0 Å². The molecule has 3 rings (SSSR count). The standard InChI is InChI=1S/C16H15NO2S2/c1-17-11-8-7-10(9-14(11)21-16(17)20)15-12(18-2)5-4-6-13(15)19-3/h4-9H,1-3H3. The summed E-state index contributed by atoms with van der Waals surface area (Å²) in [4.78, 5) is 0. The van der Waals surface area contributed by atoms with Crippen LogP contribution in [0.15, 0.2) is 36.4 Å². The smallest absolute Gasteiger partial charge is 0.161 e. The number of fused-ring (bicyclic) bond motifs is 1. The molecule has 0 N–H and O–H groups in total. The molecule has 0 aliphatic carbocycles. The summed E-state index contributed by atoms with van der Waals surface area (Å²) < 4.78 is 15.0. The predicted octanol–water partition coefficient (Wildman–Crippen LogP) is 4.65. The fraction of sp³-hybridized carbons (Fsp3) is 0.188. The van der Waals surface area contributed by atoms with Crippen LogP contribution in [0.5, 0.6) is 11.5 Å². The number of ether oxygens (including phenoxy) is 2. The molecule has 2 aromatic carbocycles. The lowest BCUT2D eigenvalue weighted by Crippen LogP contribution is -1.93. The Labute approximate surface area is 132 Å². The largest absolute Gasteiger partial charge is 0.496 e. The van der Waals surface area contributed by atoms with Crippen LogP contribution in [0, 0.1) is 3.95 Å². The Balaban J connectivity index is 2.27. The van der Waals surface area contributed by atoms with Gasteiger partial charge in [0, 0.05) is 7.05 Å². The van der Waals surface area contributed by atoms with Gasteiger partial charge in [0.05, 0.1) is 30.0 Å². The van der Waals surface area contributed by atoms with Crippen molar-refractivity contribution in [3.63, 3.8) is 0 Å². The van der Waals surface area contributed by atoms with Gasteiger partial charge in [0.15, 0.2) is 3.95 Å². The Hall–Kier alpha value is -1.85. The summed E-state index contributed by atoms with van der Waals surface area (Å²) in [6.45, 7) is 0. The summed E-state index contributed by atoms with van der Waals surface area (Å²) in [7, 11) is 5.33. The third-order valence-electron chi connectivity index (χ3n) is 3.51. The number of aromatic nitrogens is 1. The molecule has 0 aliphatic rings. The third-order valence-corrected chi connectivity index (χ3v) is 5.03. The maximum absolute atomic E-state index is 5.48. The zero-order chi connectivity index (χ0) is 15.0. The number of methoxy groups -OCH3 is 2. The van der Waals surface area contributed by atoms with Crippen LogP contribution in [0.25, 0.3) is 21.3 Å². The van der Waals surface area contributed by atoms with Gasteiger partial charge in [-0.1, -0.05) is 12.1 Å². The van der Waals surface area contributed by atoms with Crippen LogP contribution in [0.2, 0.25) is 0 Å². The van der Waals surface area contributed by atoms with Crippen LogP contribution in [-0.4, -0.2) is 18.8 Å². The average molecular weight is 317 g/mol. The molecule has 0 saturated carbocycles. The second kappa shape index (κ2) is 5.50. The first-order valence-electron chi connectivity index (χ1n) is 6.46. The van der Waals surface area contributed by atoms with Gasteiger partial charge >= 0.3 is 0 Å². The van der Waals surface area contributed by atoms with Crippen molar-refractivity contribution < 1.29 is 9.47 Å². The highest BCUT2D eigenvalue weighted by atomic mass is 32.1. The molecule has 1 heterocycles. The molecule has 0 fully saturated rings. The highest BCUT2D eigenvalue weighted by Crippen LogP contribution is 2.39. The van der Waals surface area contributed by atoms with Crippen molar-refractivity contribution in [2.24, 2.45) is 7.05 Å². The molecule has 0 spiro atoms. The minimum absolute atomic E-state index is 0.799. The Bertz CT molecular complexity index is 842. The Kier molecular flexibility index (Phi) is 3.69. The van der Waals surface area contributed by atoms with Crippen molar-refractivity contribution in [1.82, 2.24) is 4.57 Å². The van der Waals surface area contributed by atoms with Crippen LogP contribution in [0.4, 0.5) is 0 Å². The molecule has 0 radical (unpaired) electrons. The van der Waals surface area contributed by atoms with Gasteiger partial charge in [-0.3, -0.25) is 0 Å². The number of thiazole rings is 1. The molecule has 0 atom stereocenters. The number of hydrogen-bond donors (Lipinski definition) is 0. The van der Waals surface area contributed by atoms with Crippen LogP contribution < -0.4 is 9.47 Å². The van der Waals surface area contributed by atoms with E-state index >= 15 is 0 Å². The molecule has 0 unspecified atom stereocenters. The molecule has 3 nitrogen and oxygen atoms in total. The second-order valence-corrected chi connectivity index (χ2v) is 6.32. The van der Waals surface area contributed by atoms with Crippen molar-refractivity contribution >= 4 is 33.8 Å². The van der Waals surface area contributed by atoms with E-state index in [4.69, 9.17) is 21.7 Å². The molecular weight excluding hydrogens is 302 g/mol. The highest BCUT2D eigenvalue weighted by molar-refractivity contribution is 7.73. The highest BCUT2D eigenvalue weighted by Gasteiger charge is 2.13. The van der Waals surface area contributed by atoms with E-state index in [0.29, 0.717) is 0 Å². The van der Waals surface area contributed by atoms with Gasteiger partial charge in [-0.15, -0.1) is 11.3 Å². The van der Waals surface area contributed by atoms with Gasteiger partial charge in [-0.05, 0) is 42.0 Å². The molecule has 0 saturated heterocycles. The van der Waals surface area contributed by atoms with Gasteiger partial charge in [-0.2, -0.15) is 0 Å². The number of hydrogen-bond acceptors (Lipinski definition) is 4. The van der Waals surface area contributed by atoms with E-state index in [1.807, 2.05) is 29.8 Å². The van der Waals surface area contributed by atoms with Crippen LogP contribution >= 0.6 is 23.6 Å². The van der Waals surface area contributed by atoms with E-state index in [2.05, 4.69) is 18.2 Å². The summed E-state index contributed by atoms with van der Waals surface area (Å²) in [5, 5.41) is 0. The fourth-order valence-electron chi connectivity index (χ4n) is 2.43. The molecular formula is C16H15NO2S2. The van der Waals surface area contributed by atoms with Gasteiger partial charge in [0.2, 0.25) is 0 Å². The monoisotopic (exact) mass is 317 g/mol. The number of rotatable bonds is 3. The number of aryl methyl sites for hydroxylation is 1. The van der Waals surface area contributed by atoms with E-state index in [-0.39, 0.29) is 0 Å². The SMILES string of the molecule is COc1cccc(OC)c1-c1ccc2c(c1)sc(=S)n2C. The summed E-state index contributed by atoms with van der Waals surface area (Å²) in [5.41, 5.74) is 3.17. The van der Waals surface area contributed by atoms with Gasteiger partial charge in [0.1, 0.15) is 11.5 Å². The Morgan fingerprint density at radius 1 is 1.05 bits per heavy atom. The van der Waals surface area contributed by atoms with E-state index in [0.717, 1.165) is 36.8 Å². The maximum Gasteiger partial charge on any atom is 0.161 e. The minimum Gasteiger partial charge on any atom is -0.496 e. The topological polar surface area (TPSA) is 23.4 Å². The zero-order valence-electron chi connectivity index (χ0n) is 12.0. The minimum atomic E-state index is 0.799. The summed E-state index contributed by atoms with van der Waals surface area (Å²) in [6.07, 6.45) is 0. The predicted molar refractivity (Wildman–Crippen MR) is 90.2 cm³/mol. The lowest BCUT2D eigenvalue weighted by atomic mass is 10.0. The first-order chi connectivity index (χ1) is 10.2. The normalized spacial score (nSPS) is 10.8. The van der Waals surface area contributed by atoms with Crippen molar-refractivity contribution in [3.05, 3.63) is 40.4 Å². The lowest BCUT2D eigenvalue weighted by molar-refractivity contribution is 0.397. The molecule has 108 valence electrons. The van der Waals surface area contributed by atoms with Crippen LogP contribution in [0.1, 0.15) is 0 Å². The molecule has 21 heavy (non-hydrogen) atoms. The average Bonchev–Trinajstić information content (AvgIpc) is 2.80. The molecule has 0 amide bonds. The van der Waals surface area contributed by atoms with Crippen molar-refractivity contribution in [2.45, 2.75) is 0 Å². The first-order valence-corrected chi connectivity index (χ1v) is 7.69. The summed E-state index contributed by atoms with van der Waals surface area (Å²) >= 11 is 6.95. The van der Waals surface area contributed by atoms with E-state index in [9.17, 15) is 0 Å². The van der Waals surface area contributed by atoms with E-state index in [1.54, 1.807) is 25.6 Å². The van der Waals surface area contributed by atoms with Crippen LogP contribution in [-0.2, 0) is 7.05 Å². The third kappa shape index (κ3) is 2.32. The lowest BCUT2D eigenvalue weighted by Gasteiger charge is -2.13. The quantitative estimate of drug-likeness (QED) is 0.657. The van der Waals surface area contributed by atoms with E-state index < -0.39 is 0 Å². The van der Waals surface area contributed by atoms with Crippen molar-refractivity contribution in [1.29, 1.82) is 0 Å². The van der Waals surface area contributed by atoms with Crippen molar-refractivity contribution in [3.8, 4) is 22.6 Å². The van der Waals surface area contributed by atoms with Crippen molar-refractivity contribution in [2.75, 3.05) is 14.2 Å².